The summed E-state index contributed by atoms with van der Waals surface area (Å²) in [5.74, 6) is 2.46. The Bertz CT molecular complexity index is 585. The van der Waals surface area contributed by atoms with Crippen molar-refractivity contribution in [1.82, 2.24) is 25.9 Å². The van der Waals surface area contributed by atoms with Crippen LogP contribution in [0.25, 0.3) is 0 Å². The zero-order valence-electron chi connectivity index (χ0n) is 11.5. The van der Waals surface area contributed by atoms with Gasteiger partial charge in [-0.1, -0.05) is 5.21 Å². The smallest absolute Gasteiger partial charge is 0.188 e. The van der Waals surface area contributed by atoms with E-state index in [0.717, 1.165) is 23.5 Å². The lowest BCUT2D eigenvalue weighted by Crippen LogP contribution is -2.14. The minimum Gasteiger partial charge on any atom is -0.496 e. The molecule has 1 atom stereocenters. The number of benzene rings is 1. The molecule has 0 saturated carbocycles. The molecule has 2 heterocycles. The van der Waals surface area contributed by atoms with Gasteiger partial charge in [-0.15, -0.1) is 10.2 Å². The molecule has 3 rings (SSSR count). The van der Waals surface area contributed by atoms with Gasteiger partial charge in [-0.3, -0.25) is 0 Å². The maximum absolute atomic E-state index is 5.78. The van der Waals surface area contributed by atoms with E-state index in [1.54, 1.807) is 7.11 Å². The molecule has 20 heavy (non-hydrogen) atoms. The molecule has 1 unspecified atom stereocenters. The minimum absolute atomic E-state index is 0.234. The maximum atomic E-state index is 5.78. The van der Waals surface area contributed by atoms with Gasteiger partial charge in [0, 0.05) is 24.1 Å². The Kier molecular flexibility index (Phi) is 3.51. The molecule has 2 N–H and O–H groups in total. The number of ether oxygens (including phenoxy) is 2. The van der Waals surface area contributed by atoms with Crippen molar-refractivity contribution in [3.05, 3.63) is 29.1 Å². The van der Waals surface area contributed by atoms with Crippen LogP contribution in [0.4, 0.5) is 0 Å². The zero-order chi connectivity index (χ0) is 13.9. The van der Waals surface area contributed by atoms with Gasteiger partial charge in [0.2, 0.25) is 0 Å². The van der Waals surface area contributed by atoms with Gasteiger partial charge in [0.15, 0.2) is 5.82 Å². The van der Waals surface area contributed by atoms with E-state index in [0.29, 0.717) is 18.9 Å². The van der Waals surface area contributed by atoms with Gasteiger partial charge in [-0.2, -0.15) is 5.21 Å². The first kappa shape index (κ1) is 12.9. The third kappa shape index (κ3) is 2.57. The molecule has 1 aromatic heterocycles. The van der Waals surface area contributed by atoms with Crippen molar-refractivity contribution in [2.45, 2.75) is 32.5 Å². The Morgan fingerprint density at radius 2 is 2.35 bits per heavy atom. The SMILES string of the molecule is COc1cc2c(cc1CNCc1nn[nH]n1)OC(C)C2. The summed E-state index contributed by atoms with van der Waals surface area (Å²) in [6, 6.07) is 4.10. The van der Waals surface area contributed by atoms with Crippen LogP contribution in [-0.4, -0.2) is 33.8 Å². The predicted molar refractivity (Wildman–Crippen MR) is 71.5 cm³/mol. The highest BCUT2D eigenvalue weighted by molar-refractivity contribution is 5.48. The Morgan fingerprint density at radius 3 is 3.10 bits per heavy atom. The van der Waals surface area contributed by atoms with Gasteiger partial charge in [-0.05, 0) is 19.1 Å². The lowest BCUT2D eigenvalue weighted by Gasteiger charge is -2.11. The highest BCUT2D eigenvalue weighted by Gasteiger charge is 2.21. The maximum Gasteiger partial charge on any atom is 0.188 e. The molecule has 1 aromatic carbocycles. The van der Waals surface area contributed by atoms with Crippen LogP contribution in [0.2, 0.25) is 0 Å². The number of aromatic nitrogens is 4. The topological polar surface area (TPSA) is 85.0 Å². The van der Waals surface area contributed by atoms with E-state index >= 15 is 0 Å². The van der Waals surface area contributed by atoms with E-state index in [1.165, 1.54) is 5.56 Å². The molecular weight excluding hydrogens is 258 g/mol. The van der Waals surface area contributed by atoms with Gasteiger partial charge in [-0.25, -0.2) is 0 Å². The lowest BCUT2D eigenvalue weighted by molar-refractivity contribution is 0.254. The molecule has 0 aliphatic carbocycles. The van der Waals surface area contributed by atoms with Crippen molar-refractivity contribution in [2.75, 3.05) is 7.11 Å². The van der Waals surface area contributed by atoms with Gasteiger partial charge in [0.25, 0.3) is 0 Å². The van der Waals surface area contributed by atoms with Crippen LogP contribution in [0, 0.1) is 0 Å². The molecular formula is C13H17N5O2. The van der Waals surface area contributed by atoms with Crippen LogP contribution in [0.1, 0.15) is 23.9 Å². The van der Waals surface area contributed by atoms with E-state index in [4.69, 9.17) is 9.47 Å². The highest BCUT2D eigenvalue weighted by atomic mass is 16.5. The molecule has 1 aliphatic heterocycles. The first-order valence-electron chi connectivity index (χ1n) is 6.55. The number of H-pyrrole nitrogens is 1. The number of nitrogens with zero attached hydrogens (tertiary/aromatic N) is 3. The normalized spacial score (nSPS) is 16.8. The number of hydrogen-bond acceptors (Lipinski definition) is 6. The van der Waals surface area contributed by atoms with Crippen LogP contribution in [-0.2, 0) is 19.5 Å². The van der Waals surface area contributed by atoms with Crippen molar-refractivity contribution >= 4 is 0 Å². The van der Waals surface area contributed by atoms with Crippen LogP contribution in [0.15, 0.2) is 12.1 Å². The van der Waals surface area contributed by atoms with E-state index in [9.17, 15) is 0 Å². The molecule has 7 heteroatoms. The number of fused-ring (bicyclic) bond motifs is 1. The summed E-state index contributed by atoms with van der Waals surface area (Å²) >= 11 is 0. The lowest BCUT2D eigenvalue weighted by atomic mass is 10.1. The quantitative estimate of drug-likeness (QED) is 0.840. The third-order valence-corrected chi connectivity index (χ3v) is 3.29. The average molecular weight is 275 g/mol. The second kappa shape index (κ2) is 5.46. The average Bonchev–Trinajstić information content (AvgIpc) is 3.05. The van der Waals surface area contributed by atoms with E-state index in [1.807, 2.05) is 6.07 Å². The Hall–Kier alpha value is -2.15. The fourth-order valence-electron chi connectivity index (χ4n) is 2.38. The molecule has 1 aliphatic rings. The molecule has 0 fully saturated rings. The number of rotatable bonds is 5. The number of tetrazole rings is 1. The monoisotopic (exact) mass is 275 g/mol. The summed E-state index contributed by atoms with van der Waals surface area (Å²) in [5, 5.41) is 17.0. The fourth-order valence-corrected chi connectivity index (χ4v) is 2.38. The molecule has 0 spiro atoms. The zero-order valence-corrected chi connectivity index (χ0v) is 11.5. The van der Waals surface area contributed by atoms with Gasteiger partial charge in [0.05, 0.1) is 13.7 Å². The summed E-state index contributed by atoms with van der Waals surface area (Å²) in [6.45, 7) is 3.28. The molecule has 7 nitrogen and oxygen atoms in total. The summed E-state index contributed by atoms with van der Waals surface area (Å²) in [6.07, 6.45) is 1.17. The van der Waals surface area contributed by atoms with Crippen LogP contribution in [0.5, 0.6) is 11.5 Å². The first-order valence-corrected chi connectivity index (χ1v) is 6.55. The summed E-state index contributed by atoms with van der Waals surface area (Å²) in [7, 11) is 1.68. The number of hydrogen-bond donors (Lipinski definition) is 2. The Labute approximate surface area is 116 Å². The van der Waals surface area contributed by atoms with Gasteiger partial charge >= 0.3 is 0 Å². The highest BCUT2D eigenvalue weighted by Crippen LogP contribution is 2.34. The summed E-state index contributed by atoms with van der Waals surface area (Å²) in [4.78, 5) is 0. The molecule has 0 radical (unpaired) electrons. The predicted octanol–water partition coefficient (Wildman–Crippen LogP) is 0.821. The van der Waals surface area contributed by atoms with E-state index in [2.05, 4.69) is 38.9 Å². The molecule has 0 bridgehead atoms. The van der Waals surface area contributed by atoms with Crippen molar-refractivity contribution < 1.29 is 9.47 Å². The second-order valence-electron chi connectivity index (χ2n) is 4.84. The second-order valence-corrected chi connectivity index (χ2v) is 4.84. The van der Waals surface area contributed by atoms with E-state index in [-0.39, 0.29) is 6.10 Å². The standard InChI is InChI=1S/C13H17N5O2/c1-8-3-9-4-11(19-2)10(5-12(9)20-8)6-14-7-13-15-17-18-16-13/h4-5,8,14H,3,6-7H2,1-2H3,(H,15,16,17,18). The van der Waals surface area contributed by atoms with Crippen molar-refractivity contribution in [3.63, 3.8) is 0 Å². The van der Waals surface area contributed by atoms with Crippen molar-refractivity contribution in [3.8, 4) is 11.5 Å². The van der Waals surface area contributed by atoms with E-state index < -0.39 is 0 Å². The summed E-state index contributed by atoms with van der Waals surface area (Å²) < 4.78 is 11.2. The van der Waals surface area contributed by atoms with Gasteiger partial charge in [0.1, 0.15) is 17.6 Å². The Balaban J connectivity index is 1.70. The number of aromatic amines is 1. The number of methoxy groups -OCH3 is 1. The summed E-state index contributed by atoms with van der Waals surface area (Å²) in [5.41, 5.74) is 2.26. The minimum atomic E-state index is 0.234. The van der Waals surface area contributed by atoms with Crippen LogP contribution in [0.3, 0.4) is 0 Å². The molecule has 2 aromatic rings. The third-order valence-electron chi connectivity index (χ3n) is 3.29. The van der Waals surface area contributed by atoms with Crippen LogP contribution < -0.4 is 14.8 Å². The molecule has 0 amide bonds. The van der Waals surface area contributed by atoms with Crippen molar-refractivity contribution in [1.29, 1.82) is 0 Å². The molecule has 0 saturated heterocycles. The number of nitrogens with one attached hydrogen (secondary N) is 2. The van der Waals surface area contributed by atoms with Crippen molar-refractivity contribution in [2.24, 2.45) is 0 Å². The first-order chi connectivity index (χ1) is 9.76. The van der Waals surface area contributed by atoms with Crippen LogP contribution >= 0.6 is 0 Å². The molecule has 106 valence electrons. The fraction of sp³-hybridized carbons (Fsp3) is 0.462. The Morgan fingerprint density at radius 1 is 1.45 bits per heavy atom. The largest absolute Gasteiger partial charge is 0.496 e. The van der Waals surface area contributed by atoms with Gasteiger partial charge < -0.3 is 14.8 Å².